The molecule has 3 aromatic rings. The predicted octanol–water partition coefficient (Wildman–Crippen LogP) is 3.86. The van der Waals surface area contributed by atoms with Gasteiger partial charge in [0.1, 0.15) is 6.04 Å². The molecule has 3 rings (SSSR count). The summed E-state index contributed by atoms with van der Waals surface area (Å²) in [6, 6.07) is 11.6. The summed E-state index contributed by atoms with van der Waals surface area (Å²) in [7, 11) is 1.35. The molecule has 2 aromatic carbocycles. The van der Waals surface area contributed by atoms with Crippen LogP contribution >= 0.6 is 0 Å². The second-order valence-corrected chi connectivity index (χ2v) is 6.41. The summed E-state index contributed by atoms with van der Waals surface area (Å²) < 4.78 is 40.1. The van der Waals surface area contributed by atoms with E-state index in [1.165, 1.54) is 19.2 Å². The molecule has 0 aliphatic rings. The second kappa shape index (κ2) is 8.04. The van der Waals surface area contributed by atoms with Crippen molar-refractivity contribution in [1.29, 1.82) is 0 Å². The number of nitrogens with one attached hydrogen (secondary N) is 1. The molecule has 0 spiro atoms. The van der Waals surface area contributed by atoms with Gasteiger partial charge in [0.15, 0.2) is 0 Å². The first-order chi connectivity index (χ1) is 13.3. The Labute approximate surface area is 159 Å². The fourth-order valence-electron chi connectivity index (χ4n) is 3.15. The lowest BCUT2D eigenvalue weighted by Crippen LogP contribution is -2.37. The summed E-state index contributed by atoms with van der Waals surface area (Å²) >= 11 is 0. The van der Waals surface area contributed by atoms with Crippen LogP contribution in [0.25, 0.3) is 10.9 Å². The lowest BCUT2D eigenvalue weighted by atomic mass is 10.1. The SMILES string of the molecule is CONC(Cc1cn(Cc2ccc(C(F)(F)F)cc2)c2ccccc12)C(=O)O. The van der Waals surface area contributed by atoms with Crippen molar-refractivity contribution in [2.75, 3.05) is 7.11 Å². The van der Waals surface area contributed by atoms with Crippen molar-refractivity contribution < 1.29 is 27.9 Å². The first-order valence-electron chi connectivity index (χ1n) is 8.54. The van der Waals surface area contributed by atoms with Crippen LogP contribution in [0.2, 0.25) is 0 Å². The van der Waals surface area contributed by atoms with Crippen molar-refractivity contribution in [3.8, 4) is 0 Å². The van der Waals surface area contributed by atoms with E-state index in [1.54, 1.807) is 0 Å². The number of hydrogen-bond donors (Lipinski definition) is 2. The lowest BCUT2D eigenvalue weighted by molar-refractivity contribution is -0.143. The normalized spacial score (nSPS) is 13.0. The molecule has 0 aliphatic heterocycles. The quantitative estimate of drug-likeness (QED) is 0.600. The first-order valence-corrected chi connectivity index (χ1v) is 8.54. The third kappa shape index (κ3) is 4.35. The Kier molecular flexibility index (Phi) is 5.71. The molecule has 1 heterocycles. The van der Waals surface area contributed by atoms with Gasteiger partial charge in [-0.05, 0) is 29.3 Å². The molecule has 0 amide bonds. The lowest BCUT2D eigenvalue weighted by Gasteiger charge is -2.11. The van der Waals surface area contributed by atoms with E-state index < -0.39 is 23.8 Å². The molecule has 5 nitrogen and oxygen atoms in total. The van der Waals surface area contributed by atoms with Crippen molar-refractivity contribution in [3.63, 3.8) is 0 Å². The second-order valence-electron chi connectivity index (χ2n) is 6.41. The summed E-state index contributed by atoms with van der Waals surface area (Å²) in [4.78, 5) is 16.2. The van der Waals surface area contributed by atoms with Crippen molar-refractivity contribution in [2.24, 2.45) is 0 Å². The summed E-state index contributed by atoms with van der Waals surface area (Å²) in [6.07, 6.45) is -2.34. The van der Waals surface area contributed by atoms with Gasteiger partial charge in [-0.3, -0.25) is 4.79 Å². The van der Waals surface area contributed by atoms with Crippen LogP contribution in [0.5, 0.6) is 0 Å². The number of halogens is 3. The zero-order chi connectivity index (χ0) is 20.3. The number of para-hydroxylation sites is 1. The smallest absolute Gasteiger partial charge is 0.416 e. The molecule has 0 bridgehead atoms. The van der Waals surface area contributed by atoms with E-state index in [9.17, 15) is 23.1 Å². The van der Waals surface area contributed by atoms with Gasteiger partial charge in [-0.2, -0.15) is 18.7 Å². The van der Waals surface area contributed by atoms with Crippen LogP contribution in [-0.4, -0.2) is 28.8 Å². The number of aromatic nitrogens is 1. The number of nitrogens with zero attached hydrogens (tertiary/aromatic N) is 1. The monoisotopic (exact) mass is 392 g/mol. The Morgan fingerprint density at radius 2 is 1.86 bits per heavy atom. The van der Waals surface area contributed by atoms with E-state index in [1.807, 2.05) is 35.0 Å². The standard InChI is InChI=1S/C20H19F3N2O3/c1-28-24-17(19(26)27)10-14-12-25(18-5-3-2-4-16(14)18)11-13-6-8-15(9-7-13)20(21,22)23/h2-9,12,17,24H,10-11H2,1H3,(H,26,27). The van der Waals surface area contributed by atoms with E-state index >= 15 is 0 Å². The van der Waals surface area contributed by atoms with Gasteiger partial charge in [0, 0.05) is 30.1 Å². The number of alkyl halides is 3. The zero-order valence-electron chi connectivity index (χ0n) is 15.0. The third-order valence-electron chi connectivity index (χ3n) is 4.49. The highest BCUT2D eigenvalue weighted by Gasteiger charge is 2.30. The van der Waals surface area contributed by atoms with Gasteiger partial charge >= 0.3 is 12.1 Å². The van der Waals surface area contributed by atoms with Crippen LogP contribution < -0.4 is 5.48 Å². The topological polar surface area (TPSA) is 63.5 Å². The molecular weight excluding hydrogens is 373 g/mol. The number of rotatable bonds is 7. The maximum Gasteiger partial charge on any atom is 0.416 e. The molecule has 28 heavy (non-hydrogen) atoms. The Balaban J connectivity index is 1.91. The average Bonchev–Trinajstić information content (AvgIpc) is 2.99. The Morgan fingerprint density at radius 1 is 1.18 bits per heavy atom. The molecule has 1 unspecified atom stereocenters. The van der Waals surface area contributed by atoms with E-state index in [-0.39, 0.29) is 6.42 Å². The molecule has 0 radical (unpaired) electrons. The molecule has 0 fully saturated rings. The number of carbonyl (C=O) groups is 1. The fourth-order valence-corrected chi connectivity index (χ4v) is 3.15. The van der Waals surface area contributed by atoms with Gasteiger partial charge < -0.3 is 14.5 Å². The van der Waals surface area contributed by atoms with E-state index in [2.05, 4.69) is 5.48 Å². The highest BCUT2D eigenvalue weighted by atomic mass is 19.4. The summed E-state index contributed by atoms with van der Waals surface area (Å²) in [5.74, 6) is -1.04. The van der Waals surface area contributed by atoms with E-state index in [0.29, 0.717) is 12.1 Å². The Morgan fingerprint density at radius 3 is 2.46 bits per heavy atom. The van der Waals surface area contributed by atoms with Gasteiger partial charge in [-0.1, -0.05) is 30.3 Å². The summed E-state index contributed by atoms with van der Waals surface area (Å²) in [6.45, 7) is 0.369. The molecular formula is C20H19F3N2O3. The maximum absolute atomic E-state index is 12.7. The van der Waals surface area contributed by atoms with Gasteiger partial charge in [0.05, 0.1) is 12.7 Å². The number of carboxylic acid groups (broad SMARTS) is 1. The van der Waals surface area contributed by atoms with Crippen LogP contribution in [-0.2, 0) is 28.8 Å². The Hall–Kier alpha value is -2.84. The average molecular weight is 392 g/mol. The number of hydroxylamine groups is 1. The predicted molar refractivity (Wildman–Crippen MR) is 97.8 cm³/mol. The molecule has 1 atom stereocenters. The highest BCUT2D eigenvalue weighted by molar-refractivity contribution is 5.85. The number of fused-ring (bicyclic) bond motifs is 1. The third-order valence-corrected chi connectivity index (χ3v) is 4.49. The van der Waals surface area contributed by atoms with Gasteiger partial charge in [0.25, 0.3) is 0 Å². The van der Waals surface area contributed by atoms with Crippen LogP contribution in [0.4, 0.5) is 13.2 Å². The minimum atomic E-state index is -4.37. The Bertz CT molecular complexity index is 965. The van der Waals surface area contributed by atoms with Crippen LogP contribution in [0.1, 0.15) is 16.7 Å². The fraction of sp³-hybridized carbons (Fsp3) is 0.250. The van der Waals surface area contributed by atoms with Crippen molar-refractivity contribution >= 4 is 16.9 Å². The van der Waals surface area contributed by atoms with Gasteiger partial charge in [-0.25, -0.2) is 0 Å². The first kappa shape index (κ1) is 19.9. The molecule has 0 saturated heterocycles. The number of benzene rings is 2. The van der Waals surface area contributed by atoms with E-state index in [0.717, 1.165) is 28.6 Å². The molecule has 0 aliphatic carbocycles. The number of carboxylic acids is 1. The van der Waals surface area contributed by atoms with Crippen molar-refractivity contribution in [2.45, 2.75) is 25.2 Å². The van der Waals surface area contributed by atoms with Crippen molar-refractivity contribution in [3.05, 3.63) is 71.4 Å². The summed E-state index contributed by atoms with van der Waals surface area (Å²) in [5.41, 5.74) is 4.16. The zero-order valence-corrected chi connectivity index (χ0v) is 15.0. The van der Waals surface area contributed by atoms with Gasteiger partial charge in [-0.15, -0.1) is 0 Å². The molecule has 148 valence electrons. The molecule has 0 saturated carbocycles. The van der Waals surface area contributed by atoms with Crippen LogP contribution in [0.15, 0.2) is 54.7 Å². The molecule has 1 aromatic heterocycles. The minimum Gasteiger partial charge on any atom is -0.480 e. The van der Waals surface area contributed by atoms with E-state index in [4.69, 9.17) is 4.84 Å². The van der Waals surface area contributed by atoms with Crippen LogP contribution in [0, 0.1) is 0 Å². The van der Waals surface area contributed by atoms with Crippen LogP contribution in [0.3, 0.4) is 0 Å². The number of aliphatic carboxylic acids is 1. The molecule has 2 N–H and O–H groups in total. The van der Waals surface area contributed by atoms with Crippen molar-refractivity contribution in [1.82, 2.24) is 10.0 Å². The summed E-state index contributed by atoms with van der Waals surface area (Å²) in [5, 5.41) is 10.2. The van der Waals surface area contributed by atoms with Gasteiger partial charge in [0.2, 0.25) is 0 Å². The minimum absolute atomic E-state index is 0.198. The number of hydrogen-bond acceptors (Lipinski definition) is 3. The molecule has 8 heteroatoms. The highest BCUT2D eigenvalue weighted by Crippen LogP contribution is 2.29. The largest absolute Gasteiger partial charge is 0.480 e. The maximum atomic E-state index is 12.7.